The molecule has 0 aliphatic carbocycles. The van der Waals surface area contributed by atoms with Crippen LogP contribution in [0.5, 0.6) is 0 Å². The molecule has 11 heteroatoms. The van der Waals surface area contributed by atoms with Gasteiger partial charge in [-0.15, -0.1) is 5.10 Å². The summed E-state index contributed by atoms with van der Waals surface area (Å²) in [5, 5.41) is 4.93. The normalized spacial score (nSPS) is 20.3. The Bertz CT molecular complexity index is 1560. The smallest absolute Gasteiger partial charge is 0.209 e. The summed E-state index contributed by atoms with van der Waals surface area (Å²) in [5.74, 6) is 1.36. The number of anilines is 2. The second-order valence-corrected chi connectivity index (χ2v) is 11.5. The van der Waals surface area contributed by atoms with Gasteiger partial charge in [0.25, 0.3) is 0 Å². The summed E-state index contributed by atoms with van der Waals surface area (Å²) in [5.41, 5.74) is 3.17. The van der Waals surface area contributed by atoms with E-state index < -0.39 is 10.0 Å². The fraction of sp³-hybridized carbons (Fsp3) is 0.346. The number of hydrogen-bond donors (Lipinski definition) is 1. The van der Waals surface area contributed by atoms with E-state index in [1.807, 2.05) is 36.4 Å². The van der Waals surface area contributed by atoms with Gasteiger partial charge in [-0.05, 0) is 61.2 Å². The molecule has 2 saturated heterocycles. The van der Waals surface area contributed by atoms with Crippen LogP contribution in [0.3, 0.4) is 0 Å². The maximum atomic E-state index is 13.9. The molecule has 2 fully saturated rings. The lowest BCUT2D eigenvalue weighted by atomic mass is 10.0. The van der Waals surface area contributed by atoms with Gasteiger partial charge in [-0.3, -0.25) is 0 Å². The number of nitrogens with one attached hydrogen (secondary N) is 1. The Kier molecular flexibility index (Phi) is 6.04. The average molecular weight is 522 g/mol. The molecule has 192 valence electrons. The first-order valence-corrected chi connectivity index (χ1v) is 14.3. The summed E-state index contributed by atoms with van der Waals surface area (Å²) in [6, 6.07) is 16.4. The van der Waals surface area contributed by atoms with Gasteiger partial charge in [-0.1, -0.05) is 18.2 Å². The summed E-state index contributed by atoms with van der Waals surface area (Å²) in [6.07, 6.45) is 5.62. The van der Waals surface area contributed by atoms with Crippen LogP contribution in [0.25, 0.3) is 17.0 Å². The Balaban J connectivity index is 1.29. The van der Waals surface area contributed by atoms with Crippen molar-refractivity contribution in [2.45, 2.75) is 31.3 Å². The summed E-state index contributed by atoms with van der Waals surface area (Å²) in [6.45, 7) is 2.13. The van der Waals surface area contributed by atoms with Crippen molar-refractivity contribution in [2.24, 2.45) is 0 Å². The molecule has 1 N–H and O–H groups in total. The largest absolute Gasteiger partial charge is 0.355 e. The molecule has 0 saturated carbocycles. The van der Waals surface area contributed by atoms with E-state index >= 15 is 0 Å². The number of imidazole rings is 1. The van der Waals surface area contributed by atoms with Crippen molar-refractivity contribution in [2.75, 3.05) is 35.7 Å². The van der Waals surface area contributed by atoms with Gasteiger partial charge in [0, 0.05) is 25.7 Å². The number of benzene rings is 1. The van der Waals surface area contributed by atoms with Gasteiger partial charge < -0.3 is 9.80 Å². The van der Waals surface area contributed by atoms with E-state index in [0.717, 1.165) is 60.9 Å². The zero-order valence-electron chi connectivity index (χ0n) is 20.5. The van der Waals surface area contributed by atoms with Crippen LogP contribution in [-0.4, -0.2) is 59.9 Å². The number of sulfonamides is 1. The van der Waals surface area contributed by atoms with Crippen molar-refractivity contribution in [3.63, 3.8) is 0 Å². The molecule has 1 aromatic carbocycles. The summed E-state index contributed by atoms with van der Waals surface area (Å²) < 4.78 is 41.6. The number of nitrogens with zero attached hydrogens (tertiary/aromatic N) is 6. The van der Waals surface area contributed by atoms with Crippen molar-refractivity contribution >= 4 is 27.3 Å². The lowest BCUT2D eigenvalue weighted by Crippen LogP contribution is -2.36. The maximum Gasteiger partial charge on any atom is 0.209 e. The van der Waals surface area contributed by atoms with E-state index in [-0.39, 0.29) is 17.9 Å². The van der Waals surface area contributed by atoms with Crippen molar-refractivity contribution < 1.29 is 12.8 Å². The zero-order valence-corrected chi connectivity index (χ0v) is 21.3. The van der Waals surface area contributed by atoms with Crippen molar-refractivity contribution in [3.05, 3.63) is 72.2 Å². The van der Waals surface area contributed by atoms with Crippen LogP contribution in [0.15, 0.2) is 60.8 Å². The second-order valence-electron chi connectivity index (χ2n) is 9.71. The number of pyridine rings is 1. The number of halogens is 1. The fourth-order valence-electron chi connectivity index (χ4n) is 5.40. The van der Waals surface area contributed by atoms with Gasteiger partial charge in [-0.25, -0.2) is 32.0 Å². The Morgan fingerprint density at radius 1 is 1.03 bits per heavy atom. The third-order valence-electron chi connectivity index (χ3n) is 7.02. The molecular weight excluding hydrogens is 493 g/mol. The molecule has 0 bridgehead atoms. The highest BCUT2D eigenvalue weighted by atomic mass is 32.2. The molecule has 37 heavy (non-hydrogen) atoms. The molecule has 2 atom stereocenters. The Morgan fingerprint density at radius 3 is 2.73 bits per heavy atom. The topological polar surface area (TPSA) is 95.7 Å². The van der Waals surface area contributed by atoms with Gasteiger partial charge in [0.05, 0.1) is 24.2 Å². The van der Waals surface area contributed by atoms with Gasteiger partial charge in [-0.2, -0.15) is 0 Å². The minimum absolute atomic E-state index is 0.0673. The van der Waals surface area contributed by atoms with E-state index in [9.17, 15) is 12.8 Å². The third-order valence-corrected chi connectivity index (χ3v) is 7.78. The average Bonchev–Trinajstić information content (AvgIpc) is 3.62. The minimum Gasteiger partial charge on any atom is -0.355 e. The number of fused-ring (bicyclic) bond motifs is 1. The molecule has 0 amide bonds. The molecule has 5 heterocycles. The SMILES string of the molecule is CS(=O)(=O)N[C@@H]1CCN(c2cccc(-c3cnc4ccc(N5CCC[C@@H]5c5cccc(F)c5)nn34)n2)C1. The van der Waals surface area contributed by atoms with Crippen LogP contribution >= 0.6 is 0 Å². The lowest BCUT2D eigenvalue weighted by molar-refractivity contribution is 0.567. The molecule has 0 radical (unpaired) electrons. The van der Waals surface area contributed by atoms with E-state index in [4.69, 9.17) is 10.1 Å². The molecule has 0 unspecified atom stereocenters. The summed E-state index contributed by atoms with van der Waals surface area (Å²) >= 11 is 0. The predicted octanol–water partition coefficient (Wildman–Crippen LogP) is 3.40. The van der Waals surface area contributed by atoms with Crippen LogP contribution in [0.4, 0.5) is 16.0 Å². The third kappa shape index (κ3) is 4.88. The number of hydrogen-bond acceptors (Lipinski definition) is 7. The highest BCUT2D eigenvalue weighted by Gasteiger charge is 2.29. The van der Waals surface area contributed by atoms with E-state index in [2.05, 4.69) is 19.5 Å². The van der Waals surface area contributed by atoms with Gasteiger partial charge in [0.2, 0.25) is 10.0 Å². The Morgan fingerprint density at radius 2 is 1.89 bits per heavy atom. The fourth-order valence-corrected chi connectivity index (χ4v) is 6.20. The highest BCUT2D eigenvalue weighted by molar-refractivity contribution is 7.88. The van der Waals surface area contributed by atoms with E-state index in [1.165, 1.54) is 12.3 Å². The monoisotopic (exact) mass is 521 g/mol. The van der Waals surface area contributed by atoms with Crippen molar-refractivity contribution in [1.82, 2.24) is 24.3 Å². The Hall–Kier alpha value is -3.57. The first-order chi connectivity index (χ1) is 17.8. The quantitative estimate of drug-likeness (QED) is 0.416. The molecule has 3 aromatic heterocycles. The first-order valence-electron chi connectivity index (χ1n) is 12.4. The molecule has 6 rings (SSSR count). The van der Waals surface area contributed by atoms with Crippen molar-refractivity contribution in [1.29, 1.82) is 0 Å². The summed E-state index contributed by atoms with van der Waals surface area (Å²) in [7, 11) is -3.26. The van der Waals surface area contributed by atoms with Crippen LogP contribution < -0.4 is 14.5 Å². The van der Waals surface area contributed by atoms with E-state index in [1.54, 1.807) is 22.8 Å². The van der Waals surface area contributed by atoms with Gasteiger partial charge in [0.1, 0.15) is 23.1 Å². The van der Waals surface area contributed by atoms with E-state index in [0.29, 0.717) is 12.2 Å². The molecule has 2 aliphatic heterocycles. The molecule has 9 nitrogen and oxygen atoms in total. The van der Waals surface area contributed by atoms with Crippen LogP contribution in [0.1, 0.15) is 30.9 Å². The van der Waals surface area contributed by atoms with Crippen LogP contribution in [-0.2, 0) is 10.0 Å². The minimum atomic E-state index is -3.26. The number of rotatable bonds is 6. The van der Waals surface area contributed by atoms with Gasteiger partial charge in [0.15, 0.2) is 5.65 Å². The van der Waals surface area contributed by atoms with Crippen LogP contribution in [0.2, 0.25) is 0 Å². The maximum absolute atomic E-state index is 13.9. The molecular formula is C26H28FN7O2S. The first kappa shape index (κ1) is 23.8. The van der Waals surface area contributed by atoms with Gasteiger partial charge >= 0.3 is 0 Å². The highest BCUT2D eigenvalue weighted by Crippen LogP contribution is 2.35. The predicted molar refractivity (Wildman–Crippen MR) is 141 cm³/mol. The number of aromatic nitrogens is 4. The molecule has 4 aromatic rings. The van der Waals surface area contributed by atoms with Crippen molar-refractivity contribution in [3.8, 4) is 11.4 Å². The second kappa shape index (κ2) is 9.38. The van der Waals surface area contributed by atoms with Crippen LogP contribution in [0, 0.1) is 5.82 Å². The lowest BCUT2D eigenvalue weighted by Gasteiger charge is -2.26. The zero-order chi connectivity index (χ0) is 25.6. The molecule has 0 spiro atoms. The Labute approximate surface area is 215 Å². The standard InChI is InChI=1S/C26H28FN7O2S/c1-37(35,36)31-20-12-14-32(17-20)25-9-3-7-21(29-25)23-16-28-24-10-11-26(30-34(23)24)33-13-4-8-22(33)18-5-2-6-19(27)15-18/h2-3,5-7,9-11,15-16,20,22,31H,4,8,12-14,17H2,1H3/t20-,22-/m1/s1. The molecule has 2 aliphatic rings. The summed E-state index contributed by atoms with van der Waals surface area (Å²) in [4.78, 5) is 13.7.